The summed E-state index contributed by atoms with van der Waals surface area (Å²) in [7, 11) is -0.559. The molecular weight excluding hydrogens is 250 g/mol. The molecule has 0 N–H and O–H groups in total. The van der Waals surface area contributed by atoms with E-state index in [4.69, 9.17) is 0 Å². The van der Waals surface area contributed by atoms with Gasteiger partial charge in [0.25, 0.3) is 0 Å². The lowest BCUT2D eigenvalue weighted by molar-refractivity contribution is 0.155. The SMILES string of the molecule is CCCC(CS)(CCC)CN1CCS(=O)CC1. The number of hydrogen-bond donors (Lipinski definition) is 1. The first kappa shape index (κ1) is 15.5. The Morgan fingerprint density at radius 3 is 2.12 bits per heavy atom. The molecule has 1 heterocycles. The summed E-state index contributed by atoms with van der Waals surface area (Å²) in [4.78, 5) is 2.50. The van der Waals surface area contributed by atoms with Crippen LogP contribution in [0.2, 0.25) is 0 Å². The van der Waals surface area contributed by atoms with Crippen LogP contribution in [0.3, 0.4) is 0 Å². The van der Waals surface area contributed by atoms with Crippen molar-refractivity contribution >= 4 is 23.4 Å². The van der Waals surface area contributed by atoms with Gasteiger partial charge in [-0.1, -0.05) is 26.7 Å². The first-order valence-corrected chi connectivity index (χ1v) is 8.96. The van der Waals surface area contributed by atoms with Gasteiger partial charge in [-0.25, -0.2) is 0 Å². The molecule has 102 valence electrons. The number of hydrogen-bond acceptors (Lipinski definition) is 3. The van der Waals surface area contributed by atoms with Crippen LogP contribution in [0.4, 0.5) is 0 Å². The highest BCUT2D eigenvalue weighted by Crippen LogP contribution is 2.32. The molecule has 0 aliphatic carbocycles. The van der Waals surface area contributed by atoms with Crippen molar-refractivity contribution in [2.75, 3.05) is 36.9 Å². The van der Waals surface area contributed by atoms with E-state index < -0.39 is 10.8 Å². The lowest BCUT2D eigenvalue weighted by Gasteiger charge is -2.39. The molecule has 0 amide bonds. The minimum atomic E-state index is -0.559. The third-order valence-electron chi connectivity index (χ3n) is 3.73. The van der Waals surface area contributed by atoms with Crippen LogP contribution in [-0.4, -0.2) is 46.0 Å². The van der Waals surface area contributed by atoms with Gasteiger partial charge in [-0.2, -0.15) is 12.6 Å². The van der Waals surface area contributed by atoms with Gasteiger partial charge in [-0.05, 0) is 24.0 Å². The summed E-state index contributed by atoms with van der Waals surface area (Å²) >= 11 is 4.60. The molecule has 0 spiro atoms. The van der Waals surface area contributed by atoms with E-state index in [0.717, 1.165) is 36.9 Å². The maximum absolute atomic E-state index is 11.4. The summed E-state index contributed by atoms with van der Waals surface area (Å²) in [6, 6.07) is 0. The molecule has 1 rings (SSSR count). The van der Waals surface area contributed by atoms with Gasteiger partial charge in [0.2, 0.25) is 0 Å². The average Bonchev–Trinajstić information content (AvgIpc) is 2.33. The fraction of sp³-hybridized carbons (Fsp3) is 1.00. The summed E-state index contributed by atoms with van der Waals surface area (Å²) < 4.78 is 11.4. The van der Waals surface area contributed by atoms with Gasteiger partial charge in [0.05, 0.1) is 0 Å². The topological polar surface area (TPSA) is 20.3 Å². The van der Waals surface area contributed by atoms with Crippen molar-refractivity contribution in [3.8, 4) is 0 Å². The zero-order valence-corrected chi connectivity index (χ0v) is 13.0. The van der Waals surface area contributed by atoms with Gasteiger partial charge < -0.3 is 4.90 Å². The Labute approximate surface area is 114 Å². The molecule has 0 radical (unpaired) electrons. The van der Waals surface area contributed by atoms with Crippen LogP contribution in [0.15, 0.2) is 0 Å². The van der Waals surface area contributed by atoms with Gasteiger partial charge in [-0.3, -0.25) is 4.21 Å². The standard InChI is InChI=1S/C13H27NOS2/c1-3-5-13(12-16,6-4-2)11-14-7-9-17(15)10-8-14/h16H,3-12H2,1-2H3. The molecule has 2 nitrogen and oxygen atoms in total. The zero-order chi connectivity index (χ0) is 12.7. The van der Waals surface area contributed by atoms with E-state index in [2.05, 4.69) is 31.4 Å². The van der Waals surface area contributed by atoms with E-state index in [1.165, 1.54) is 25.7 Å². The Balaban J connectivity index is 2.55. The van der Waals surface area contributed by atoms with Crippen LogP contribution >= 0.6 is 12.6 Å². The smallest absolute Gasteiger partial charge is 0.0363 e. The molecule has 1 aliphatic heterocycles. The highest BCUT2D eigenvalue weighted by molar-refractivity contribution is 7.85. The molecule has 4 heteroatoms. The molecule has 0 saturated carbocycles. The molecule has 0 aromatic rings. The second-order valence-electron chi connectivity index (χ2n) is 5.28. The molecule has 0 unspecified atom stereocenters. The van der Waals surface area contributed by atoms with Gasteiger partial charge in [-0.15, -0.1) is 0 Å². The Kier molecular flexibility index (Phi) is 7.12. The Bertz CT molecular complexity index is 230. The lowest BCUT2D eigenvalue weighted by Crippen LogP contribution is -2.45. The zero-order valence-electron chi connectivity index (χ0n) is 11.3. The fourth-order valence-corrected chi connectivity index (χ4v) is 4.40. The van der Waals surface area contributed by atoms with E-state index in [1.807, 2.05) is 0 Å². The molecule has 0 atom stereocenters. The molecular formula is C13H27NOS2. The predicted octanol–water partition coefficient (Wildman–Crippen LogP) is 2.57. The van der Waals surface area contributed by atoms with Crippen molar-refractivity contribution < 1.29 is 4.21 Å². The van der Waals surface area contributed by atoms with Gasteiger partial charge in [0.15, 0.2) is 0 Å². The molecule has 0 aromatic carbocycles. The molecule has 1 saturated heterocycles. The summed E-state index contributed by atoms with van der Waals surface area (Å²) in [6.45, 7) is 7.69. The predicted molar refractivity (Wildman–Crippen MR) is 80.4 cm³/mol. The van der Waals surface area contributed by atoms with Crippen molar-refractivity contribution in [1.82, 2.24) is 4.90 Å². The average molecular weight is 277 g/mol. The van der Waals surface area contributed by atoms with Crippen LogP contribution in [0.5, 0.6) is 0 Å². The van der Waals surface area contributed by atoms with Crippen molar-refractivity contribution in [1.29, 1.82) is 0 Å². The highest BCUT2D eigenvalue weighted by atomic mass is 32.2. The third kappa shape index (κ3) is 4.92. The van der Waals surface area contributed by atoms with Crippen LogP contribution < -0.4 is 0 Å². The third-order valence-corrected chi connectivity index (χ3v) is 5.67. The maximum Gasteiger partial charge on any atom is 0.0363 e. The molecule has 1 fully saturated rings. The van der Waals surface area contributed by atoms with E-state index in [-0.39, 0.29) is 0 Å². The first-order chi connectivity index (χ1) is 8.15. The number of thiol groups is 1. The second kappa shape index (κ2) is 7.80. The van der Waals surface area contributed by atoms with Crippen LogP contribution in [-0.2, 0) is 10.8 Å². The van der Waals surface area contributed by atoms with E-state index in [0.29, 0.717) is 5.41 Å². The van der Waals surface area contributed by atoms with E-state index in [9.17, 15) is 4.21 Å². The molecule has 0 aromatic heterocycles. The minimum Gasteiger partial charge on any atom is -0.301 e. The summed E-state index contributed by atoms with van der Waals surface area (Å²) in [5.41, 5.74) is 0.380. The van der Waals surface area contributed by atoms with Crippen molar-refractivity contribution in [2.24, 2.45) is 5.41 Å². The number of nitrogens with zero attached hydrogens (tertiary/aromatic N) is 1. The largest absolute Gasteiger partial charge is 0.301 e. The van der Waals surface area contributed by atoms with Gasteiger partial charge >= 0.3 is 0 Å². The Morgan fingerprint density at radius 2 is 1.71 bits per heavy atom. The monoisotopic (exact) mass is 277 g/mol. The van der Waals surface area contributed by atoms with Crippen molar-refractivity contribution in [2.45, 2.75) is 39.5 Å². The molecule has 1 aliphatic rings. The summed E-state index contributed by atoms with van der Waals surface area (Å²) in [5.74, 6) is 2.70. The lowest BCUT2D eigenvalue weighted by atomic mass is 9.80. The van der Waals surface area contributed by atoms with Crippen LogP contribution in [0.1, 0.15) is 39.5 Å². The Morgan fingerprint density at radius 1 is 1.18 bits per heavy atom. The van der Waals surface area contributed by atoms with Crippen LogP contribution in [0.25, 0.3) is 0 Å². The van der Waals surface area contributed by atoms with E-state index in [1.54, 1.807) is 0 Å². The Hall–Kier alpha value is 0.460. The molecule has 0 bridgehead atoms. The second-order valence-corrected chi connectivity index (χ2v) is 7.29. The van der Waals surface area contributed by atoms with Gasteiger partial charge in [0.1, 0.15) is 0 Å². The summed E-state index contributed by atoms with van der Waals surface area (Å²) in [5, 5.41) is 0. The maximum atomic E-state index is 11.4. The van der Waals surface area contributed by atoms with E-state index >= 15 is 0 Å². The summed E-state index contributed by atoms with van der Waals surface area (Å²) in [6.07, 6.45) is 5.01. The minimum absolute atomic E-state index is 0.380. The molecule has 17 heavy (non-hydrogen) atoms. The number of rotatable bonds is 7. The normalized spacial score (nSPS) is 19.7. The highest BCUT2D eigenvalue weighted by Gasteiger charge is 2.30. The van der Waals surface area contributed by atoms with Crippen LogP contribution in [0, 0.1) is 5.41 Å². The van der Waals surface area contributed by atoms with Crippen molar-refractivity contribution in [3.63, 3.8) is 0 Å². The quantitative estimate of drug-likeness (QED) is 0.722. The van der Waals surface area contributed by atoms with Crippen molar-refractivity contribution in [3.05, 3.63) is 0 Å². The fourth-order valence-electron chi connectivity index (χ4n) is 2.86. The van der Waals surface area contributed by atoms with Gasteiger partial charge in [0, 0.05) is 41.9 Å². The first-order valence-electron chi connectivity index (χ1n) is 6.84.